The first-order valence-electron chi connectivity index (χ1n) is 3.64. The maximum Gasteiger partial charge on any atom is 0.168 e. The normalized spacial score (nSPS) is 11.2. The molecule has 1 rings (SSSR count). The molecule has 1 aromatic heterocycles. The SMILES string of the molecule is CC(C)(F)c1ccnc(C=O)c1. The first-order chi connectivity index (χ1) is 5.54. The van der Waals surface area contributed by atoms with Crippen LogP contribution < -0.4 is 0 Å². The van der Waals surface area contributed by atoms with Gasteiger partial charge in [0.2, 0.25) is 0 Å². The van der Waals surface area contributed by atoms with Crippen molar-refractivity contribution in [2.75, 3.05) is 0 Å². The lowest BCUT2D eigenvalue weighted by Gasteiger charge is -2.13. The molecular formula is C9H10FNO. The molecule has 0 aromatic carbocycles. The van der Waals surface area contributed by atoms with Gasteiger partial charge in [0, 0.05) is 6.20 Å². The van der Waals surface area contributed by atoms with Gasteiger partial charge in [0.05, 0.1) is 0 Å². The average Bonchev–Trinajstić information content (AvgIpc) is 2.03. The van der Waals surface area contributed by atoms with Crippen molar-refractivity contribution in [3.63, 3.8) is 0 Å². The summed E-state index contributed by atoms with van der Waals surface area (Å²) < 4.78 is 13.3. The lowest BCUT2D eigenvalue weighted by Crippen LogP contribution is -2.09. The summed E-state index contributed by atoms with van der Waals surface area (Å²) in [5.74, 6) is 0. The van der Waals surface area contributed by atoms with Gasteiger partial charge < -0.3 is 0 Å². The number of aldehydes is 1. The summed E-state index contributed by atoms with van der Waals surface area (Å²) >= 11 is 0. The van der Waals surface area contributed by atoms with E-state index in [0.717, 1.165) is 0 Å². The van der Waals surface area contributed by atoms with Crippen LogP contribution in [0.15, 0.2) is 18.3 Å². The van der Waals surface area contributed by atoms with E-state index in [9.17, 15) is 9.18 Å². The van der Waals surface area contributed by atoms with Gasteiger partial charge in [0.15, 0.2) is 6.29 Å². The van der Waals surface area contributed by atoms with Gasteiger partial charge in [-0.2, -0.15) is 0 Å². The van der Waals surface area contributed by atoms with E-state index in [1.165, 1.54) is 26.1 Å². The Labute approximate surface area is 70.4 Å². The highest BCUT2D eigenvalue weighted by Crippen LogP contribution is 2.23. The zero-order valence-electron chi connectivity index (χ0n) is 7.04. The van der Waals surface area contributed by atoms with Crippen LogP contribution in [0.5, 0.6) is 0 Å². The Morgan fingerprint density at radius 2 is 2.25 bits per heavy atom. The predicted molar refractivity (Wildman–Crippen MR) is 43.8 cm³/mol. The Bertz CT molecular complexity index is 291. The highest BCUT2D eigenvalue weighted by atomic mass is 19.1. The fraction of sp³-hybridized carbons (Fsp3) is 0.333. The van der Waals surface area contributed by atoms with Crippen molar-refractivity contribution < 1.29 is 9.18 Å². The summed E-state index contributed by atoms with van der Waals surface area (Å²) in [6.45, 7) is 2.88. The standard InChI is InChI=1S/C9H10FNO/c1-9(2,10)7-3-4-11-8(5-7)6-12/h3-6H,1-2H3. The van der Waals surface area contributed by atoms with E-state index in [0.29, 0.717) is 11.8 Å². The molecule has 1 aromatic rings. The molecule has 0 atom stereocenters. The second-order valence-electron chi connectivity index (χ2n) is 3.06. The third-order valence-corrected chi connectivity index (χ3v) is 1.59. The first kappa shape index (κ1) is 8.84. The van der Waals surface area contributed by atoms with Crippen molar-refractivity contribution in [1.82, 2.24) is 4.98 Å². The number of hydrogen-bond acceptors (Lipinski definition) is 2. The number of hydrogen-bond donors (Lipinski definition) is 0. The van der Waals surface area contributed by atoms with Crippen LogP contribution in [0.1, 0.15) is 29.9 Å². The van der Waals surface area contributed by atoms with Crippen molar-refractivity contribution in [3.05, 3.63) is 29.6 Å². The molecule has 0 amide bonds. The van der Waals surface area contributed by atoms with E-state index in [-0.39, 0.29) is 5.69 Å². The van der Waals surface area contributed by atoms with Crippen molar-refractivity contribution in [1.29, 1.82) is 0 Å². The second-order valence-corrected chi connectivity index (χ2v) is 3.06. The molecule has 12 heavy (non-hydrogen) atoms. The van der Waals surface area contributed by atoms with Crippen molar-refractivity contribution in [3.8, 4) is 0 Å². The molecule has 64 valence electrons. The summed E-state index contributed by atoms with van der Waals surface area (Å²) in [6.07, 6.45) is 2.04. The zero-order valence-corrected chi connectivity index (χ0v) is 7.04. The summed E-state index contributed by atoms with van der Waals surface area (Å²) in [5.41, 5.74) is -0.682. The van der Waals surface area contributed by atoms with Crippen LogP contribution in [0.4, 0.5) is 4.39 Å². The van der Waals surface area contributed by atoms with Gasteiger partial charge in [-0.15, -0.1) is 0 Å². The van der Waals surface area contributed by atoms with E-state index in [4.69, 9.17) is 0 Å². The number of carbonyl (C=O) groups excluding carboxylic acids is 1. The van der Waals surface area contributed by atoms with Gasteiger partial charge in [0.1, 0.15) is 11.4 Å². The summed E-state index contributed by atoms with van der Waals surface area (Å²) in [4.78, 5) is 14.0. The Morgan fingerprint density at radius 3 is 2.75 bits per heavy atom. The summed E-state index contributed by atoms with van der Waals surface area (Å²) in [6, 6.07) is 3.01. The molecule has 2 nitrogen and oxygen atoms in total. The lowest BCUT2D eigenvalue weighted by atomic mass is 10.0. The van der Waals surface area contributed by atoms with Crippen molar-refractivity contribution in [2.45, 2.75) is 19.5 Å². The topological polar surface area (TPSA) is 30.0 Å². The number of carbonyl (C=O) groups is 1. The molecule has 0 aliphatic carbocycles. The Balaban J connectivity index is 3.10. The number of aromatic nitrogens is 1. The average molecular weight is 167 g/mol. The monoisotopic (exact) mass is 167 g/mol. The number of pyridine rings is 1. The number of rotatable bonds is 2. The van der Waals surface area contributed by atoms with Crippen LogP contribution in [0.25, 0.3) is 0 Å². The van der Waals surface area contributed by atoms with Crippen LogP contribution in [-0.4, -0.2) is 11.3 Å². The van der Waals surface area contributed by atoms with Crippen LogP contribution in [0.3, 0.4) is 0 Å². The van der Waals surface area contributed by atoms with E-state index in [1.54, 1.807) is 6.07 Å². The minimum atomic E-state index is -1.42. The van der Waals surface area contributed by atoms with Crippen LogP contribution in [-0.2, 0) is 5.67 Å². The minimum absolute atomic E-state index is 0.262. The van der Waals surface area contributed by atoms with Gasteiger partial charge in [-0.3, -0.25) is 9.78 Å². The van der Waals surface area contributed by atoms with Gasteiger partial charge >= 0.3 is 0 Å². The lowest BCUT2D eigenvalue weighted by molar-refractivity contribution is 0.111. The minimum Gasteiger partial charge on any atom is -0.296 e. The zero-order chi connectivity index (χ0) is 9.19. The summed E-state index contributed by atoms with van der Waals surface area (Å²) in [5, 5.41) is 0. The maximum atomic E-state index is 13.3. The molecule has 1 heterocycles. The number of nitrogens with zero attached hydrogens (tertiary/aromatic N) is 1. The third-order valence-electron chi connectivity index (χ3n) is 1.59. The molecule has 0 fully saturated rings. The molecule has 0 saturated heterocycles. The highest BCUT2D eigenvalue weighted by Gasteiger charge is 2.18. The fourth-order valence-corrected chi connectivity index (χ4v) is 0.883. The first-order valence-corrected chi connectivity index (χ1v) is 3.64. The molecule has 0 aliphatic heterocycles. The second kappa shape index (κ2) is 3.01. The molecule has 0 unspecified atom stereocenters. The molecular weight excluding hydrogens is 157 g/mol. The van der Waals surface area contributed by atoms with E-state index in [2.05, 4.69) is 4.98 Å². The highest BCUT2D eigenvalue weighted by molar-refractivity contribution is 5.71. The van der Waals surface area contributed by atoms with Gasteiger partial charge in [-0.25, -0.2) is 4.39 Å². The molecule has 0 aliphatic rings. The predicted octanol–water partition coefficient (Wildman–Crippen LogP) is 2.10. The van der Waals surface area contributed by atoms with Crippen molar-refractivity contribution in [2.24, 2.45) is 0 Å². The maximum absolute atomic E-state index is 13.3. The van der Waals surface area contributed by atoms with E-state index < -0.39 is 5.67 Å². The van der Waals surface area contributed by atoms with Crippen LogP contribution in [0.2, 0.25) is 0 Å². The number of halogens is 1. The quantitative estimate of drug-likeness (QED) is 0.631. The Kier molecular flexibility index (Phi) is 2.22. The Morgan fingerprint density at radius 1 is 1.58 bits per heavy atom. The molecule has 0 radical (unpaired) electrons. The molecule has 0 N–H and O–H groups in total. The smallest absolute Gasteiger partial charge is 0.168 e. The molecule has 0 spiro atoms. The van der Waals surface area contributed by atoms with Gasteiger partial charge in [-0.05, 0) is 31.5 Å². The molecule has 3 heteroatoms. The van der Waals surface area contributed by atoms with E-state index >= 15 is 0 Å². The Hall–Kier alpha value is -1.25. The molecule has 0 bridgehead atoms. The van der Waals surface area contributed by atoms with Gasteiger partial charge in [0.25, 0.3) is 0 Å². The van der Waals surface area contributed by atoms with E-state index in [1.807, 2.05) is 0 Å². The fourth-order valence-electron chi connectivity index (χ4n) is 0.883. The van der Waals surface area contributed by atoms with Crippen molar-refractivity contribution >= 4 is 6.29 Å². The number of alkyl halides is 1. The van der Waals surface area contributed by atoms with Gasteiger partial charge in [-0.1, -0.05) is 0 Å². The van der Waals surface area contributed by atoms with Crippen LogP contribution in [0, 0.1) is 0 Å². The molecule has 0 saturated carbocycles. The third kappa shape index (κ3) is 1.87. The van der Waals surface area contributed by atoms with Crippen LogP contribution >= 0.6 is 0 Å². The largest absolute Gasteiger partial charge is 0.296 e. The summed E-state index contributed by atoms with van der Waals surface area (Å²) in [7, 11) is 0.